The van der Waals surface area contributed by atoms with Crippen molar-refractivity contribution in [3.05, 3.63) is 58.0 Å². The Kier molecular flexibility index (Phi) is 5.64. The van der Waals surface area contributed by atoms with Crippen LogP contribution in [0.1, 0.15) is 27.8 Å². The Labute approximate surface area is 201 Å². The van der Waals surface area contributed by atoms with E-state index in [1.165, 1.54) is 24.2 Å². The number of ether oxygens (including phenoxy) is 2. The number of nitrogens with zero attached hydrogens (tertiary/aromatic N) is 2. The number of carbonyl (C=O) groups is 1. The van der Waals surface area contributed by atoms with E-state index in [0.717, 1.165) is 55.9 Å². The Morgan fingerprint density at radius 2 is 1.91 bits per heavy atom. The summed E-state index contributed by atoms with van der Waals surface area (Å²) in [4.78, 5) is 16.4. The Balaban J connectivity index is 1.87. The lowest BCUT2D eigenvalue weighted by Crippen LogP contribution is -2.23. The first-order chi connectivity index (χ1) is 16.3. The largest absolute Gasteiger partial charge is 0.486 e. The molecule has 0 atom stereocenters. The number of aliphatic carboxylic acids is 1. The van der Waals surface area contributed by atoms with E-state index in [-0.39, 0.29) is 12.2 Å². The van der Waals surface area contributed by atoms with E-state index in [9.17, 15) is 14.3 Å². The molecule has 0 bridgehead atoms. The molecular formula is C26H25FN2O4S. The minimum absolute atomic E-state index is 0.116. The van der Waals surface area contributed by atoms with Gasteiger partial charge in [-0.2, -0.15) is 0 Å². The lowest BCUT2D eigenvalue weighted by Gasteiger charge is -2.35. The van der Waals surface area contributed by atoms with Crippen LogP contribution in [0.3, 0.4) is 0 Å². The molecule has 1 aromatic heterocycles. The Bertz CT molecular complexity index is 1340. The van der Waals surface area contributed by atoms with Gasteiger partial charge in [0.25, 0.3) is 0 Å². The number of anilines is 1. The van der Waals surface area contributed by atoms with Gasteiger partial charge in [-0.25, -0.2) is 4.39 Å². The van der Waals surface area contributed by atoms with Crippen LogP contribution in [-0.2, 0) is 17.8 Å². The number of rotatable bonds is 4. The molecule has 2 aliphatic rings. The molecule has 0 fully saturated rings. The monoisotopic (exact) mass is 480 g/mol. The summed E-state index contributed by atoms with van der Waals surface area (Å²) in [5.74, 6) is 0.107. The van der Waals surface area contributed by atoms with Gasteiger partial charge in [-0.05, 0) is 60.7 Å². The summed E-state index contributed by atoms with van der Waals surface area (Å²) >= 11 is 1.53. The number of benzene rings is 2. The molecule has 0 radical (unpaired) electrons. The van der Waals surface area contributed by atoms with Gasteiger partial charge in [0.2, 0.25) is 0 Å². The minimum Gasteiger partial charge on any atom is -0.486 e. The van der Waals surface area contributed by atoms with Crippen LogP contribution in [0.2, 0.25) is 0 Å². The summed E-state index contributed by atoms with van der Waals surface area (Å²) < 4.78 is 27.8. The zero-order valence-corrected chi connectivity index (χ0v) is 20.3. The van der Waals surface area contributed by atoms with Gasteiger partial charge in [-0.1, -0.05) is 18.0 Å². The van der Waals surface area contributed by atoms with Crippen LogP contribution in [-0.4, -0.2) is 35.5 Å². The normalized spacial score (nSPS) is 14.0. The molecular weight excluding hydrogens is 455 g/mol. The predicted molar refractivity (Wildman–Crippen MR) is 131 cm³/mol. The van der Waals surface area contributed by atoms with Gasteiger partial charge in [0.1, 0.15) is 19.0 Å². The Morgan fingerprint density at radius 3 is 2.65 bits per heavy atom. The first-order valence-electron chi connectivity index (χ1n) is 11.1. The van der Waals surface area contributed by atoms with Crippen molar-refractivity contribution in [2.45, 2.75) is 33.7 Å². The third kappa shape index (κ3) is 3.48. The molecule has 0 saturated carbocycles. The molecule has 1 N–H and O–H groups in total. The van der Waals surface area contributed by atoms with Gasteiger partial charge in [0, 0.05) is 22.9 Å². The molecule has 0 amide bonds. The standard InChI is InChI=1S/C26H25FN2O4S/c1-13-19(10-21(30)31)22(18-5-6-20-26(14(18)2)33-8-7-32-20)15(3)23-24-16(9-17(27)11-28-24)12-29(34-4)25(13)23/h5-6,9,11H,7-8,10,12H2,1-4H3,(H,30,31). The molecule has 0 saturated heterocycles. The first-order valence-corrected chi connectivity index (χ1v) is 12.2. The molecule has 5 rings (SSSR count). The predicted octanol–water partition coefficient (Wildman–Crippen LogP) is 5.48. The summed E-state index contributed by atoms with van der Waals surface area (Å²) in [5, 5.41) is 9.81. The maximum atomic E-state index is 14.1. The van der Waals surface area contributed by atoms with E-state index in [4.69, 9.17) is 9.47 Å². The quantitative estimate of drug-likeness (QED) is 0.496. The SMILES string of the molecule is CSN1Cc2cc(F)cnc2-c2c(C)c(-c3ccc4c(c3C)OCCO4)c(CC(=O)O)c(C)c21. The molecule has 6 nitrogen and oxygen atoms in total. The van der Waals surface area contributed by atoms with Gasteiger partial charge >= 0.3 is 5.97 Å². The average molecular weight is 481 g/mol. The van der Waals surface area contributed by atoms with E-state index in [1.54, 1.807) is 0 Å². The van der Waals surface area contributed by atoms with Crippen LogP contribution in [0.15, 0.2) is 24.4 Å². The Hall–Kier alpha value is -3.26. The summed E-state index contributed by atoms with van der Waals surface area (Å²) in [5.41, 5.74) is 8.60. The lowest BCUT2D eigenvalue weighted by atomic mass is 9.81. The van der Waals surface area contributed by atoms with Gasteiger partial charge < -0.3 is 18.9 Å². The molecule has 3 aromatic rings. The summed E-state index contributed by atoms with van der Waals surface area (Å²) in [6.07, 6.45) is 3.09. The zero-order chi connectivity index (χ0) is 24.1. The third-order valence-corrected chi connectivity index (χ3v) is 7.36. The van der Waals surface area contributed by atoms with E-state index in [0.29, 0.717) is 31.3 Å². The van der Waals surface area contributed by atoms with Gasteiger partial charge in [-0.3, -0.25) is 9.78 Å². The van der Waals surface area contributed by atoms with E-state index in [2.05, 4.69) is 9.29 Å². The molecule has 2 aromatic carbocycles. The maximum Gasteiger partial charge on any atom is 0.307 e. The number of pyridine rings is 1. The molecule has 0 spiro atoms. The van der Waals surface area contributed by atoms with Crippen molar-refractivity contribution in [3.8, 4) is 33.9 Å². The lowest BCUT2D eigenvalue weighted by molar-refractivity contribution is -0.136. The highest BCUT2D eigenvalue weighted by Crippen LogP contribution is 2.51. The molecule has 34 heavy (non-hydrogen) atoms. The third-order valence-electron chi connectivity index (χ3n) is 6.60. The highest BCUT2D eigenvalue weighted by molar-refractivity contribution is 7.99. The van der Waals surface area contributed by atoms with Crippen molar-refractivity contribution in [1.82, 2.24) is 4.98 Å². The number of aromatic nitrogens is 1. The van der Waals surface area contributed by atoms with Crippen molar-refractivity contribution >= 4 is 23.6 Å². The second-order valence-corrected chi connectivity index (χ2v) is 9.35. The van der Waals surface area contributed by atoms with E-state index >= 15 is 0 Å². The molecule has 2 aliphatic heterocycles. The topological polar surface area (TPSA) is 71.9 Å². The van der Waals surface area contributed by atoms with Crippen molar-refractivity contribution in [1.29, 1.82) is 0 Å². The van der Waals surface area contributed by atoms with Crippen LogP contribution in [0.5, 0.6) is 11.5 Å². The minimum atomic E-state index is -0.897. The number of hydrogen-bond donors (Lipinski definition) is 1. The van der Waals surface area contributed by atoms with Crippen molar-refractivity contribution in [2.75, 3.05) is 23.8 Å². The molecule has 176 valence electrons. The van der Waals surface area contributed by atoms with Gasteiger partial charge in [-0.15, -0.1) is 0 Å². The van der Waals surface area contributed by atoms with Crippen molar-refractivity contribution in [2.24, 2.45) is 0 Å². The summed E-state index contributed by atoms with van der Waals surface area (Å²) in [6.45, 7) is 7.38. The molecule has 3 heterocycles. The highest BCUT2D eigenvalue weighted by atomic mass is 32.2. The fraction of sp³-hybridized carbons (Fsp3) is 0.308. The van der Waals surface area contributed by atoms with Gasteiger partial charge in [0.05, 0.1) is 30.5 Å². The average Bonchev–Trinajstić information content (AvgIpc) is 2.82. The Morgan fingerprint density at radius 1 is 1.15 bits per heavy atom. The van der Waals surface area contributed by atoms with Crippen LogP contribution in [0.25, 0.3) is 22.4 Å². The maximum absolute atomic E-state index is 14.1. The van der Waals surface area contributed by atoms with Crippen LogP contribution < -0.4 is 13.8 Å². The number of fused-ring (bicyclic) bond motifs is 4. The summed E-state index contributed by atoms with van der Waals surface area (Å²) in [6, 6.07) is 5.38. The fourth-order valence-electron chi connectivity index (χ4n) is 5.13. The van der Waals surface area contributed by atoms with E-state index in [1.807, 2.05) is 39.2 Å². The number of carboxylic acids is 1. The number of carboxylic acid groups (broad SMARTS) is 1. The fourth-order valence-corrected chi connectivity index (χ4v) is 5.81. The number of hydrogen-bond acceptors (Lipinski definition) is 6. The zero-order valence-electron chi connectivity index (χ0n) is 19.5. The highest BCUT2D eigenvalue weighted by Gasteiger charge is 2.32. The van der Waals surface area contributed by atoms with Crippen LogP contribution in [0.4, 0.5) is 10.1 Å². The molecule has 8 heteroatoms. The van der Waals surface area contributed by atoms with Crippen LogP contribution >= 0.6 is 11.9 Å². The van der Waals surface area contributed by atoms with Crippen molar-refractivity contribution in [3.63, 3.8) is 0 Å². The van der Waals surface area contributed by atoms with E-state index < -0.39 is 5.97 Å². The number of halogens is 1. The van der Waals surface area contributed by atoms with Crippen LogP contribution in [0, 0.1) is 26.6 Å². The second kappa shape index (κ2) is 8.51. The smallest absolute Gasteiger partial charge is 0.307 e. The van der Waals surface area contributed by atoms with Gasteiger partial charge in [0.15, 0.2) is 11.5 Å². The molecule has 0 unspecified atom stereocenters. The summed E-state index contributed by atoms with van der Waals surface area (Å²) in [7, 11) is 0. The second-order valence-electron chi connectivity index (χ2n) is 8.54. The molecule has 0 aliphatic carbocycles. The van der Waals surface area contributed by atoms with Crippen molar-refractivity contribution < 1.29 is 23.8 Å². The first kappa shape index (κ1) is 22.5.